The number of aryl methyl sites for hydroxylation is 1. The SMILES string of the molecule is CCc1ccc(-c2csc(NC(=O)NC3CCCCC3)c2C(=O)O)cc1. The van der Waals surface area contributed by atoms with Gasteiger partial charge >= 0.3 is 12.0 Å². The van der Waals surface area contributed by atoms with E-state index in [0.29, 0.717) is 10.6 Å². The topological polar surface area (TPSA) is 78.4 Å². The minimum absolute atomic E-state index is 0.151. The zero-order valence-electron chi connectivity index (χ0n) is 14.9. The Morgan fingerprint density at radius 3 is 2.46 bits per heavy atom. The monoisotopic (exact) mass is 372 g/mol. The molecule has 0 spiro atoms. The molecule has 26 heavy (non-hydrogen) atoms. The zero-order chi connectivity index (χ0) is 18.5. The van der Waals surface area contributed by atoms with Crippen molar-refractivity contribution in [3.05, 3.63) is 40.8 Å². The Bertz CT molecular complexity index is 777. The maximum Gasteiger partial charge on any atom is 0.339 e. The average molecular weight is 372 g/mol. The Labute approximate surface area is 157 Å². The highest BCUT2D eigenvalue weighted by atomic mass is 32.1. The molecule has 1 aliphatic rings. The van der Waals surface area contributed by atoms with Crippen molar-refractivity contribution < 1.29 is 14.7 Å². The number of aromatic carboxylic acids is 1. The normalized spacial score (nSPS) is 14.8. The average Bonchev–Trinajstić information content (AvgIpc) is 3.06. The van der Waals surface area contributed by atoms with Gasteiger partial charge in [-0.2, -0.15) is 0 Å². The number of benzene rings is 1. The number of hydrogen-bond acceptors (Lipinski definition) is 3. The van der Waals surface area contributed by atoms with Gasteiger partial charge in [0.15, 0.2) is 0 Å². The zero-order valence-corrected chi connectivity index (χ0v) is 15.7. The van der Waals surface area contributed by atoms with Gasteiger partial charge in [-0.1, -0.05) is 50.5 Å². The first kappa shape index (κ1) is 18.5. The number of carbonyl (C=O) groups excluding carboxylic acids is 1. The van der Waals surface area contributed by atoms with Gasteiger partial charge in [0.05, 0.1) is 0 Å². The summed E-state index contributed by atoms with van der Waals surface area (Å²) in [7, 11) is 0. The third-order valence-electron chi connectivity index (χ3n) is 4.85. The van der Waals surface area contributed by atoms with Gasteiger partial charge in [0.2, 0.25) is 0 Å². The number of carboxylic acid groups (broad SMARTS) is 1. The number of urea groups is 1. The van der Waals surface area contributed by atoms with E-state index in [1.54, 1.807) is 5.38 Å². The lowest BCUT2D eigenvalue weighted by atomic mass is 9.96. The molecule has 2 aromatic rings. The molecule has 1 aromatic carbocycles. The van der Waals surface area contributed by atoms with E-state index in [9.17, 15) is 14.7 Å². The standard InChI is InChI=1S/C20H24N2O3S/c1-2-13-8-10-14(11-9-13)16-12-26-18(17(16)19(23)24)22-20(25)21-15-6-4-3-5-7-15/h8-12,15H,2-7H2,1H3,(H,23,24)(H2,21,22,25). The van der Waals surface area contributed by atoms with Crippen LogP contribution in [0.3, 0.4) is 0 Å². The van der Waals surface area contributed by atoms with Crippen LogP contribution in [0.4, 0.5) is 9.80 Å². The van der Waals surface area contributed by atoms with E-state index in [2.05, 4.69) is 17.6 Å². The van der Waals surface area contributed by atoms with Gasteiger partial charge in [-0.15, -0.1) is 11.3 Å². The highest BCUT2D eigenvalue weighted by Gasteiger charge is 2.22. The van der Waals surface area contributed by atoms with E-state index < -0.39 is 5.97 Å². The molecule has 0 bridgehead atoms. The second kappa shape index (κ2) is 8.36. The van der Waals surface area contributed by atoms with Crippen LogP contribution in [0.5, 0.6) is 0 Å². The molecular weight excluding hydrogens is 348 g/mol. The number of amides is 2. The summed E-state index contributed by atoms with van der Waals surface area (Å²) in [6, 6.07) is 7.72. The van der Waals surface area contributed by atoms with E-state index in [4.69, 9.17) is 0 Å². The van der Waals surface area contributed by atoms with Crippen molar-refractivity contribution in [2.75, 3.05) is 5.32 Å². The summed E-state index contributed by atoms with van der Waals surface area (Å²) >= 11 is 1.25. The first-order valence-corrected chi connectivity index (χ1v) is 9.98. The quantitative estimate of drug-likeness (QED) is 0.681. The maximum absolute atomic E-state index is 12.3. The molecule has 0 saturated heterocycles. The molecule has 5 nitrogen and oxygen atoms in total. The van der Waals surface area contributed by atoms with Crippen LogP contribution < -0.4 is 10.6 Å². The summed E-state index contributed by atoms with van der Waals surface area (Å²) in [6.45, 7) is 2.08. The van der Waals surface area contributed by atoms with Gasteiger partial charge in [0.1, 0.15) is 10.6 Å². The van der Waals surface area contributed by atoms with Crippen molar-refractivity contribution >= 4 is 28.3 Å². The van der Waals surface area contributed by atoms with E-state index >= 15 is 0 Å². The molecule has 3 rings (SSSR count). The summed E-state index contributed by atoms with van der Waals surface area (Å²) in [4.78, 5) is 24.1. The molecule has 6 heteroatoms. The van der Waals surface area contributed by atoms with Gasteiger partial charge < -0.3 is 10.4 Å². The van der Waals surface area contributed by atoms with E-state index in [0.717, 1.165) is 37.7 Å². The Morgan fingerprint density at radius 2 is 1.85 bits per heavy atom. The van der Waals surface area contributed by atoms with Crippen LogP contribution in [0.1, 0.15) is 54.9 Å². The van der Waals surface area contributed by atoms with Crippen LogP contribution >= 0.6 is 11.3 Å². The third kappa shape index (κ3) is 4.25. The highest BCUT2D eigenvalue weighted by Crippen LogP contribution is 2.35. The molecule has 0 aliphatic heterocycles. The molecule has 0 radical (unpaired) electrons. The number of carbonyl (C=O) groups is 2. The van der Waals surface area contributed by atoms with Gasteiger partial charge in [-0.3, -0.25) is 5.32 Å². The van der Waals surface area contributed by atoms with Crippen LogP contribution in [0.25, 0.3) is 11.1 Å². The van der Waals surface area contributed by atoms with Crippen molar-refractivity contribution in [2.45, 2.75) is 51.5 Å². The summed E-state index contributed by atoms with van der Waals surface area (Å²) in [6.07, 6.45) is 6.37. The molecule has 138 valence electrons. The fraction of sp³-hybridized carbons (Fsp3) is 0.400. The van der Waals surface area contributed by atoms with Crippen molar-refractivity contribution in [2.24, 2.45) is 0 Å². The lowest BCUT2D eigenvalue weighted by molar-refractivity contribution is 0.0699. The van der Waals surface area contributed by atoms with Crippen LogP contribution in [0, 0.1) is 0 Å². The number of rotatable bonds is 5. The Balaban J connectivity index is 1.78. The second-order valence-electron chi connectivity index (χ2n) is 6.64. The highest BCUT2D eigenvalue weighted by molar-refractivity contribution is 7.15. The number of nitrogens with one attached hydrogen (secondary N) is 2. The molecule has 1 heterocycles. The van der Waals surface area contributed by atoms with Crippen molar-refractivity contribution in [1.29, 1.82) is 0 Å². The number of anilines is 1. The largest absolute Gasteiger partial charge is 0.478 e. The molecular formula is C20H24N2O3S. The van der Waals surface area contributed by atoms with Gasteiger partial charge in [-0.25, -0.2) is 9.59 Å². The van der Waals surface area contributed by atoms with Gasteiger partial charge in [-0.05, 0) is 30.4 Å². The van der Waals surface area contributed by atoms with E-state index in [-0.39, 0.29) is 17.6 Å². The smallest absolute Gasteiger partial charge is 0.339 e. The molecule has 1 aromatic heterocycles. The van der Waals surface area contributed by atoms with E-state index in [1.807, 2.05) is 24.3 Å². The lowest BCUT2D eigenvalue weighted by Crippen LogP contribution is -2.39. The van der Waals surface area contributed by atoms with Crippen LogP contribution in [-0.2, 0) is 6.42 Å². The van der Waals surface area contributed by atoms with Crippen LogP contribution in [-0.4, -0.2) is 23.1 Å². The Morgan fingerprint density at radius 1 is 1.15 bits per heavy atom. The van der Waals surface area contributed by atoms with Gasteiger partial charge in [0, 0.05) is 17.0 Å². The minimum atomic E-state index is -1.03. The fourth-order valence-electron chi connectivity index (χ4n) is 3.37. The molecule has 0 atom stereocenters. The third-order valence-corrected chi connectivity index (χ3v) is 5.74. The summed E-state index contributed by atoms with van der Waals surface area (Å²) in [5.74, 6) is -1.03. The predicted octanol–water partition coefficient (Wildman–Crippen LogP) is 5.13. The summed E-state index contributed by atoms with van der Waals surface area (Å²) in [5.41, 5.74) is 2.83. The molecule has 1 aliphatic carbocycles. The number of thiophene rings is 1. The Kier molecular flexibility index (Phi) is 5.93. The van der Waals surface area contributed by atoms with Gasteiger partial charge in [0.25, 0.3) is 0 Å². The molecule has 0 unspecified atom stereocenters. The summed E-state index contributed by atoms with van der Waals surface area (Å²) in [5, 5.41) is 17.5. The molecule has 2 amide bonds. The Hall–Kier alpha value is -2.34. The summed E-state index contributed by atoms with van der Waals surface area (Å²) < 4.78 is 0. The molecule has 1 fully saturated rings. The number of carboxylic acids is 1. The minimum Gasteiger partial charge on any atom is -0.478 e. The van der Waals surface area contributed by atoms with Crippen molar-refractivity contribution in [1.82, 2.24) is 5.32 Å². The first-order chi connectivity index (χ1) is 12.6. The maximum atomic E-state index is 12.3. The van der Waals surface area contributed by atoms with Crippen LogP contribution in [0.15, 0.2) is 29.6 Å². The molecule has 3 N–H and O–H groups in total. The van der Waals surface area contributed by atoms with E-state index in [1.165, 1.54) is 23.3 Å². The number of hydrogen-bond donors (Lipinski definition) is 3. The predicted molar refractivity (Wildman–Crippen MR) is 105 cm³/mol. The van der Waals surface area contributed by atoms with Crippen LogP contribution in [0.2, 0.25) is 0 Å². The first-order valence-electron chi connectivity index (χ1n) is 9.10. The lowest BCUT2D eigenvalue weighted by Gasteiger charge is -2.22. The molecule has 1 saturated carbocycles. The fourth-order valence-corrected chi connectivity index (χ4v) is 4.32. The second-order valence-corrected chi connectivity index (χ2v) is 7.52. The van der Waals surface area contributed by atoms with Crippen molar-refractivity contribution in [3.63, 3.8) is 0 Å². The van der Waals surface area contributed by atoms with Crippen molar-refractivity contribution in [3.8, 4) is 11.1 Å².